The molecule has 168 valence electrons. The van der Waals surface area contributed by atoms with Gasteiger partial charge in [0.15, 0.2) is 0 Å². The van der Waals surface area contributed by atoms with E-state index in [1.54, 1.807) is 18.2 Å². The number of aromatic carboxylic acids is 1. The van der Waals surface area contributed by atoms with Crippen LogP contribution in [0.1, 0.15) is 10.4 Å². The van der Waals surface area contributed by atoms with E-state index in [0.717, 1.165) is 32.9 Å². The first-order valence-electron chi connectivity index (χ1n) is 9.70. The van der Waals surface area contributed by atoms with Gasteiger partial charge >= 0.3 is 5.97 Å². The summed E-state index contributed by atoms with van der Waals surface area (Å²) < 4.78 is 33.5. The lowest BCUT2D eigenvalue weighted by Gasteiger charge is -2.11. The minimum atomic E-state index is -3.90. The van der Waals surface area contributed by atoms with Crippen LogP contribution in [0, 0.1) is 0 Å². The van der Waals surface area contributed by atoms with Crippen LogP contribution < -0.4 is 9.46 Å². The molecule has 0 aliphatic rings. The summed E-state index contributed by atoms with van der Waals surface area (Å²) in [5.74, 6) is -0.825. The number of carbonyl (C=O) groups is 1. The Bertz CT molecular complexity index is 1410. The van der Waals surface area contributed by atoms with E-state index in [4.69, 9.17) is 9.84 Å². The van der Waals surface area contributed by atoms with E-state index in [1.807, 2.05) is 36.4 Å². The number of thiophene rings is 1. The van der Waals surface area contributed by atoms with Crippen LogP contribution in [0.3, 0.4) is 0 Å². The Balaban J connectivity index is 1.56. The summed E-state index contributed by atoms with van der Waals surface area (Å²) in [5.41, 5.74) is 2.94. The molecule has 1 heterocycles. The zero-order chi connectivity index (χ0) is 23.6. The van der Waals surface area contributed by atoms with Gasteiger partial charge in [-0.25, -0.2) is 13.2 Å². The summed E-state index contributed by atoms with van der Waals surface area (Å²) >= 11 is 1.12. The van der Waals surface area contributed by atoms with Gasteiger partial charge in [0.05, 0.1) is 18.4 Å². The minimum Gasteiger partial charge on any atom is -0.508 e. The molecule has 1 aromatic heterocycles. The number of phenolic OH excluding ortho intramolecular Hbond substituents is 1. The topological polar surface area (TPSA) is 113 Å². The Morgan fingerprint density at radius 3 is 2.09 bits per heavy atom. The monoisotopic (exact) mass is 481 g/mol. The van der Waals surface area contributed by atoms with Gasteiger partial charge in [0.1, 0.15) is 15.7 Å². The molecular formula is C24H19NO6S2. The van der Waals surface area contributed by atoms with Crippen molar-refractivity contribution in [3.63, 3.8) is 0 Å². The predicted octanol–water partition coefficient (Wildman–Crippen LogP) is 5.30. The van der Waals surface area contributed by atoms with Gasteiger partial charge in [0.25, 0.3) is 10.0 Å². The van der Waals surface area contributed by atoms with E-state index in [2.05, 4.69) is 4.72 Å². The Morgan fingerprint density at radius 1 is 0.879 bits per heavy atom. The van der Waals surface area contributed by atoms with Crippen LogP contribution >= 0.6 is 11.3 Å². The number of anilines is 1. The van der Waals surface area contributed by atoms with Gasteiger partial charge in [-0.1, -0.05) is 36.4 Å². The highest BCUT2D eigenvalue weighted by atomic mass is 32.2. The standard InChI is InChI=1S/C24H19NO6S2/c1-31-21-14-18(24(27)28)8-11-20(21)25-33(29,30)23-13-12-22(32-23)17-4-2-15(3-5-17)16-6-9-19(26)10-7-16/h2-14,25-26H,1H3,(H,27,28). The summed E-state index contributed by atoms with van der Waals surface area (Å²) in [6.07, 6.45) is 0. The molecule has 0 atom stereocenters. The summed E-state index contributed by atoms with van der Waals surface area (Å²) in [5, 5.41) is 18.5. The fraction of sp³-hybridized carbons (Fsp3) is 0.0417. The number of nitrogens with one attached hydrogen (secondary N) is 1. The number of carboxylic acid groups (broad SMARTS) is 1. The van der Waals surface area contributed by atoms with Crippen molar-refractivity contribution >= 4 is 33.0 Å². The van der Waals surface area contributed by atoms with E-state index < -0.39 is 16.0 Å². The van der Waals surface area contributed by atoms with Gasteiger partial charge in [-0.2, -0.15) is 0 Å². The first-order valence-corrected chi connectivity index (χ1v) is 12.0. The van der Waals surface area contributed by atoms with E-state index in [-0.39, 0.29) is 27.0 Å². The lowest BCUT2D eigenvalue weighted by molar-refractivity contribution is 0.0696. The normalized spacial score (nSPS) is 11.2. The zero-order valence-corrected chi connectivity index (χ0v) is 19.0. The van der Waals surface area contributed by atoms with Gasteiger partial charge in [-0.05, 0) is 59.2 Å². The van der Waals surface area contributed by atoms with Gasteiger partial charge in [0, 0.05) is 4.88 Å². The quantitative estimate of drug-likeness (QED) is 0.330. The lowest BCUT2D eigenvalue weighted by atomic mass is 10.0. The van der Waals surface area contributed by atoms with Gasteiger partial charge in [0.2, 0.25) is 0 Å². The highest BCUT2D eigenvalue weighted by Crippen LogP contribution is 2.34. The first kappa shape index (κ1) is 22.4. The van der Waals surface area contributed by atoms with Crippen molar-refractivity contribution in [2.45, 2.75) is 4.21 Å². The second-order valence-corrected chi connectivity index (χ2v) is 10.1. The third kappa shape index (κ3) is 4.84. The molecule has 3 N–H and O–H groups in total. The largest absolute Gasteiger partial charge is 0.508 e. The summed E-state index contributed by atoms with van der Waals surface area (Å²) in [6, 6.07) is 21.8. The lowest BCUT2D eigenvalue weighted by Crippen LogP contribution is -2.12. The van der Waals surface area contributed by atoms with Crippen molar-refractivity contribution < 1.29 is 28.2 Å². The summed E-state index contributed by atoms with van der Waals surface area (Å²) in [6.45, 7) is 0. The molecule has 0 unspecified atom stereocenters. The molecule has 33 heavy (non-hydrogen) atoms. The average Bonchev–Trinajstić information content (AvgIpc) is 3.31. The van der Waals surface area contributed by atoms with Gasteiger partial charge in [-0.15, -0.1) is 11.3 Å². The SMILES string of the molecule is COc1cc(C(=O)O)ccc1NS(=O)(=O)c1ccc(-c2ccc(-c3ccc(O)cc3)cc2)s1. The Morgan fingerprint density at radius 2 is 1.48 bits per heavy atom. The molecule has 0 radical (unpaired) electrons. The molecule has 0 aliphatic carbocycles. The van der Waals surface area contributed by atoms with Crippen LogP contribution in [0.15, 0.2) is 83.1 Å². The Labute approximate surface area is 194 Å². The number of hydrogen-bond acceptors (Lipinski definition) is 6. The third-order valence-electron chi connectivity index (χ3n) is 4.91. The fourth-order valence-corrected chi connectivity index (χ4v) is 5.59. The number of benzene rings is 3. The number of methoxy groups -OCH3 is 1. The summed E-state index contributed by atoms with van der Waals surface area (Å²) in [7, 11) is -2.57. The van der Waals surface area contributed by atoms with Crippen LogP contribution in [0.2, 0.25) is 0 Å². The molecule has 0 amide bonds. The third-order valence-corrected chi connectivity index (χ3v) is 7.90. The van der Waals surface area contributed by atoms with Crippen molar-refractivity contribution in [1.29, 1.82) is 0 Å². The smallest absolute Gasteiger partial charge is 0.335 e. The maximum Gasteiger partial charge on any atom is 0.335 e. The van der Waals surface area contributed by atoms with E-state index >= 15 is 0 Å². The zero-order valence-electron chi connectivity index (χ0n) is 17.3. The number of sulfonamides is 1. The molecule has 0 spiro atoms. The number of phenols is 1. The molecule has 0 saturated carbocycles. The van der Waals surface area contributed by atoms with Crippen LogP contribution in [-0.2, 0) is 10.0 Å². The van der Waals surface area contributed by atoms with Crippen LogP contribution in [0.4, 0.5) is 5.69 Å². The number of aromatic hydroxyl groups is 1. The molecule has 3 aromatic carbocycles. The Hall–Kier alpha value is -3.82. The maximum absolute atomic E-state index is 12.9. The van der Waals surface area contributed by atoms with Crippen molar-refractivity contribution in [1.82, 2.24) is 0 Å². The maximum atomic E-state index is 12.9. The molecule has 0 bridgehead atoms. The van der Waals surface area contributed by atoms with Crippen LogP contribution in [0.5, 0.6) is 11.5 Å². The number of carboxylic acids is 1. The van der Waals surface area contributed by atoms with Crippen LogP contribution in [-0.4, -0.2) is 31.7 Å². The van der Waals surface area contributed by atoms with Gasteiger partial charge in [-0.3, -0.25) is 4.72 Å². The molecular weight excluding hydrogens is 462 g/mol. The number of hydrogen-bond donors (Lipinski definition) is 3. The van der Waals surface area contributed by atoms with Crippen molar-refractivity contribution in [3.8, 4) is 33.1 Å². The van der Waals surface area contributed by atoms with E-state index in [0.29, 0.717) is 0 Å². The number of ether oxygens (including phenoxy) is 1. The first-order chi connectivity index (χ1) is 15.8. The highest BCUT2D eigenvalue weighted by Gasteiger charge is 2.20. The average molecular weight is 482 g/mol. The summed E-state index contributed by atoms with van der Waals surface area (Å²) in [4.78, 5) is 11.9. The molecule has 7 nitrogen and oxygen atoms in total. The second-order valence-electron chi connectivity index (χ2n) is 7.07. The van der Waals surface area contributed by atoms with E-state index in [1.165, 1.54) is 31.4 Å². The highest BCUT2D eigenvalue weighted by molar-refractivity contribution is 7.94. The molecule has 0 saturated heterocycles. The van der Waals surface area contributed by atoms with Gasteiger partial charge < -0.3 is 14.9 Å². The fourth-order valence-electron chi connectivity index (χ4n) is 3.20. The Kier molecular flexibility index (Phi) is 6.08. The number of rotatable bonds is 7. The molecule has 4 aromatic rings. The molecule has 9 heteroatoms. The van der Waals surface area contributed by atoms with Crippen molar-refractivity contribution in [2.24, 2.45) is 0 Å². The van der Waals surface area contributed by atoms with E-state index in [9.17, 15) is 18.3 Å². The second kappa shape index (κ2) is 8.97. The molecule has 4 rings (SSSR count). The predicted molar refractivity (Wildman–Crippen MR) is 128 cm³/mol. The van der Waals surface area contributed by atoms with Crippen molar-refractivity contribution in [3.05, 3.63) is 84.4 Å². The molecule has 0 aliphatic heterocycles. The van der Waals surface area contributed by atoms with Crippen LogP contribution in [0.25, 0.3) is 21.6 Å². The minimum absolute atomic E-state index is 0.0102. The van der Waals surface area contributed by atoms with Crippen molar-refractivity contribution in [2.75, 3.05) is 11.8 Å². The molecule has 0 fully saturated rings.